The van der Waals surface area contributed by atoms with Gasteiger partial charge in [0.15, 0.2) is 0 Å². The summed E-state index contributed by atoms with van der Waals surface area (Å²) in [4.78, 5) is 28.7. The Labute approximate surface area is 186 Å². The summed E-state index contributed by atoms with van der Waals surface area (Å²) < 4.78 is 53.0. The largest absolute Gasteiger partial charge is 0.416 e. The molecule has 1 N–H and O–H groups in total. The molecule has 0 bridgehead atoms. The highest BCUT2D eigenvalue weighted by molar-refractivity contribution is 6.30. The summed E-state index contributed by atoms with van der Waals surface area (Å²) in [5, 5.41) is 9.88. The van der Waals surface area contributed by atoms with E-state index >= 15 is 0 Å². The zero-order chi connectivity index (χ0) is 23.2. The normalized spacial score (nSPS) is 24.0. The third-order valence-electron chi connectivity index (χ3n) is 5.90. The van der Waals surface area contributed by atoms with Crippen molar-refractivity contribution in [1.29, 1.82) is 0 Å². The Bertz CT molecular complexity index is 1040. The van der Waals surface area contributed by atoms with Crippen molar-refractivity contribution in [3.8, 4) is 0 Å². The molecule has 1 saturated heterocycles. The molecule has 5 nitrogen and oxygen atoms in total. The van der Waals surface area contributed by atoms with Gasteiger partial charge in [0.25, 0.3) is 5.91 Å². The Hall–Kier alpha value is -2.65. The fourth-order valence-electron chi connectivity index (χ4n) is 4.18. The van der Waals surface area contributed by atoms with Crippen LogP contribution in [0.25, 0.3) is 0 Å². The number of carbonyl (C=O) groups is 2. The summed E-state index contributed by atoms with van der Waals surface area (Å²) >= 11 is 5.78. The van der Waals surface area contributed by atoms with Crippen molar-refractivity contribution in [2.75, 3.05) is 11.4 Å². The van der Waals surface area contributed by atoms with E-state index in [2.05, 4.69) is 0 Å². The molecule has 170 valence electrons. The molecule has 2 aliphatic rings. The molecule has 2 aromatic rings. The highest BCUT2D eigenvalue weighted by Crippen LogP contribution is 2.38. The maximum atomic E-state index is 14.5. The molecule has 2 aromatic carbocycles. The number of halogens is 5. The second kappa shape index (κ2) is 8.37. The van der Waals surface area contributed by atoms with E-state index < -0.39 is 48.1 Å². The van der Waals surface area contributed by atoms with Gasteiger partial charge in [0.1, 0.15) is 18.4 Å². The summed E-state index contributed by atoms with van der Waals surface area (Å²) in [5.74, 6) is -2.06. The molecule has 1 atom stereocenters. The Kier molecular flexibility index (Phi) is 5.89. The molecule has 1 aliphatic carbocycles. The van der Waals surface area contributed by atoms with Crippen molar-refractivity contribution in [3.05, 3.63) is 64.4 Å². The van der Waals surface area contributed by atoms with Gasteiger partial charge in [-0.2, -0.15) is 13.2 Å². The third-order valence-corrected chi connectivity index (χ3v) is 6.13. The fraction of sp³-hybridized carbons (Fsp3) is 0.364. The Balaban J connectivity index is 1.62. The lowest BCUT2D eigenvalue weighted by Gasteiger charge is -2.47. The lowest BCUT2D eigenvalue weighted by molar-refractivity contribution is -0.149. The highest BCUT2D eigenvalue weighted by Gasteiger charge is 2.48. The first-order valence-electron chi connectivity index (χ1n) is 9.94. The molecule has 0 radical (unpaired) electrons. The van der Waals surface area contributed by atoms with E-state index in [1.807, 2.05) is 0 Å². The van der Waals surface area contributed by atoms with E-state index in [1.165, 1.54) is 29.2 Å². The average molecular weight is 471 g/mol. The predicted molar refractivity (Wildman–Crippen MR) is 108 cm³/mol. The maximum Gasteiger partial charge on any atom is 0.416 e. The molecule has 0 spiro atoms. The smallest absolute Gasteiger partial charge is 0.393 e. The van der Waals surface area contributed by atoms with Gasteiger partial charge in [-0.05, 0) is 54.7 Å². The standard InChI is InChI=1S/C22H19ClF4N2O3/c23-15-5-6-18(17(24)9-15)28-11-19(31)29(20(21(28)32)13-7-16(30)8-13)10-12-1-3-14(4-2-12)22(25,26)27/h1-6,9,13,16,20,30H,7-8,10-11H2. The molecule has 1 unspecified atom stereocenters. The van der Waals surface area contributed by atoms with E-state index in [1.54, 1.807) is 0 Å². The Morgan fingerprint density at radius 2 is 1.72 bits per heavy atom. The van der Waals surface area contributed by atoms with Crippen LogP contribution >= 0.6 is 11.6 Å². The van der Waals surface area contributed by atoms with Crippen molar-refractivity contribution >= 4 is 29.1 Å². The highest BCUT2D eigenvalue weighted by atomic mass is 35.5. The number of amides is 2. The van der Waals surface area contributed by atoms with Gasteiger partial charge in [0.2, 0.25) is 5.91 Å². The lowest BCUT2D eigenvalue weighted by Crippen LogP contribution is -2.64. The van der Waals surface area contributed by atoms with Gasteiger partial charge in [0, 0.05) is 11.6 Å². The molecule has 32 heavy (non-hydrogen) atoms. The number of nitrogens with zero attached hydrogens (tertiary/aromatic N) is 2. The lowest BCUT2D eigenvalue weighted by atomic mass is 9.75. The van der Waals surface area contributed by atoms with Crippen molar-refractivity contribution < 1.29 is 32.3 Å². The van der Waals surface area contributed by atoms with Crippen LogP contribution in [0.15, 0.2) is 42.5 Å². The first-order valence-corrected chi connectivity index (χ1v) is 10.3. The SMILES string of the molecule is O=C1C(C2CC(O)C2)N(Cc2ccc(C(F)(F)F)cc2)C(=O)CN1c1ccc(Cl)cc1F. The van der Waals surface area contributed by atoms with Gasteiger partial charge in [-0.3, -0.25) is 14.5 Å². The minimum absolute atomic E-state index is 0.0725. The molecule has 1 aliphatic heterocycles. The predicted octanol–water partition coefficient (Wildman–Crippen LogP) is 4.01. The summed E-state index contributed by atoms with van der Waals surface area (Å²) in [5.41, 5.74) is -0.465. The molecule has 2 amide bonds. The van der Waals surface area contributed by atoms with Gasteiger partial charge >= 0.3 is 6.18 Å². The number of rotatable bonds is 4. The Morgan fingerprint density at radius 1 is 1.06 bits per heavy atom. The Morgan fingerprint density at radius 3 is 2.28 bits per heavy atom. The topological polar surface area (TPSA) is 60.9 Å². The van der Waals surface area contributed by atoms with E-state index in [9.17, 15) is 32.3 Å². The third kappa shape index (κ3) is 4.31. The second-order valence-electron chi connectivity index (χ2n) is 8.07. The maximum absolute atomic E-state index is 14.5. The van der Waals surface area contributed by atoms with Crippen LogP contribution in [-0.2, 0) is 22.3 Å². The molecular weight excluding hydrogens is 452 g/mol. The van der Waals surface area contributed by atoms with Gasteiger partial charge in [0.05, 0.1) is 17.4 Å². The fourth-order valence-corrected chi connectivity index (χ4v) is 4.34. The van der Waals surface area contributed by atoms with E-state index in [4.69, 9.17) is 11.6 Å². The minimum atomic E-state index is -4.48. The molecule has 10 heteroatoms. The zero-order valence-corrected chi connectivity index (χ0v) is 17.4. The van der Waals surface area contributed by atoms with Crippen LogP contribution in [0, 0.1) is 11.7 Å². The quantitative estimate of drug-likeness (QED) is 0.687. The van der Waals surface area contributed by atoms with Crippen LogP contribution in [0.5, 0.6) is 0 Å². The van der Waals surface area contributed by atoms with Gasteiger partial charge in [-0.1, -0.05) is 23.7 Å². The van der Waals surface area contributed by atoms with Crippen molar-refractivity contribution in [2.45, 2.75) is 37.7 Å². The number of benzene rings is 2. The second-order valence-corrected chi connectivity index (χ2v) is 8.50. The number of piperazine rings is 1. The molecular formula is C22H19ClF4N2O3. The van der Waals surface area contributed by atoms with E-state index in [-0.39, 0.29) is 23.2 Å². The first kappa shape index (κ1) is 22.5. The number of alkyl halides is 3. The molecule has 0 aromatic heterocycles. The molecule has 2 fully saturated rings. The summed E-state index contributed by atoms with van der Waals surface area (Å²) in [7, 11) is 0. The van der Waals surface area contributed by atoms with Crippen LogP contribution in [-0.4, -0.2) is 40.5 Å². The van der Waals surface area contributed by atoms with E-state index in [0.29, 0.717) is 18.4 Å². The summed E-state index contributed by atoms with van der Waals surface area (Å²) in [6.45, 7) is -0.485. The molecule has 1 saturated carbocycles. The van der Waals surface area contributed by atoms with Crippen LogP contribution in [0.3, 0.4) is 0 Å². The van der Waals surface area contributed by atoms with Crippen LogP contribution in [0.1, 0.15) is 24.0 Å². The minimum Gasteiger partial charge on any atom is -0.393 e. The number of aliphatic hydroxyl groups excluding tert-OH is 1. The number of anilines is 1. The number of hydrogen-bond acceptors (Lipinski definition) is 3. The van der Waals surface area contributed by atoms with E-state index in [0.717, 1.165) is 23.1 Å². The number of hydrogen-bond donors (Lipinski definition) is 1. The average Bonchev–Trinajstić information content (AvgIpc) is 2.69. The van der Waals surface area contributed by atoms with Gasteiger partial charge < -0.3 is 10.0 Å². The van der Waals surface area contributed by atoms with Crippen molar-refractivity contribution in [2.24, 2.45) is 5.92 Å². The van der Waals surface area contributed by atoms with Gasteiger partial charge in [-0.15, -0.1) is 0 Å². The van der Waals surface area contributed by atoms with Crippen LogP contribution in [0.2, 0.25) is 5.02 Å². The first-order chi connectivity index (χ1) is 15.0. The zero-order valence-electron chi connectivity index (χ0n) is 16.6. The van der Waals surface area contributed by atoms with Gasteiger partial charge in [-0.25, -0.2) is 4.39 Å². The number of carbonyl (C=O) groups excluding carboxylic acids is 2. The van der Waals surface area contributed by atoms with Crippen molar-refractivity contribution in [3.63, 3.8) is 0 Å². The summed E-state index contributed by atoms with van der Waals surface area (Å²) in [6, 6.07) is 7.18. The summed E-state index contributed by atoms with van der Waals surface area (Å²) in [6.07, 6.45) is -4.49. The number of aliphatic hydroxyl groups is 1. The monoisotopic (exact) mass is 470 g/mol. The van der Waals surface area contributed by atoms with Crippen molar-refractivity contribution in [1.82, 2.24) is 4.90 Å². The molecule has 1 heterocycles. The van der Waals surface area contributed by atoms with Crippen LogP contribution < -0.4 is 4.90 Å². The van der Waals surface area contributed by atoms with Crippen LogP contribution in [0.4, 0.5) is 23.2 Å². The molecule has 4 rings (SSSR count).